The monoisotopic (exact) mass is 548 g/mol. The van der Waals surface area contributed by atoms with Crippen molar-refractivity contribution in [1.29, 1.82) is 0 Å². The largest absolute Gasteiger partial charge is 0.451 e. The molecule has 2 aromatic heterocycles. The zero-order valence-corrected chi connectivity index (χ0v) is 23.0. The summed E-state index contributed by atoms with van der Waals surface area (Å²) in [7, 11) is 0. The van der Waals surface area contributed by atoms with Crippen molar-refractivity contribution in [3.63, 3.8) is 0 Å². The van der Waals surface area contributed by atoms with Crippen LogP contribution in [0, 0.1) is 18.2 Å². The zero-order valence-electron chi connectivity index (χ0n) is 23.0. The molecule has 1 fully saturated rings. The fourth-order valence-corrected chi connectivity index (χ4v) is 6.18. The van der Waals surface area contributed by atoms with Crippen molar-refractivity contribution in [3.05, 3.63) is 52.9 Å². The minimum absolute atomic E-state index is 0.0248. The van der Waals surface area contributed by atoms with E-state index < -0.39 is 18.7 Å². The van der Waals surface area contributed by atoms with Gasteiger partial charge in [0.2, 0.25) is 6.79 Å². The molecule has 210 valence electrons. The predicted octanol–water partition coefficient (Wildman–Crippen LogP) is 4.33. The summed E-state index contributed by atoms with van der Waals surface area (Å²) in [6.07, 6.45) is 4.54. The van der Waals surface area contributed by atoms with Gasteiger partial charge in [-0.15, -0.1) is 0 Å². The highest BCUT2D eigenvalue weighted by Crippen LogP contribution is 2.41. The van der Waals surface area contributed by atoms with Crippen LogP contribution in [0.3, 0.4) is 0 Å². The van der Waals surface area contributed by atoms with Crippen molar-refractivity contribution in [2.75, 3.05) is 37.1 Å². The van der Waals surface area contributed by atoms with Crippen LogP contribution < -0.4 is 15.4 Å². The topological polar surface area (TPSA) is 116 Å². The van der Waals surface area contributed by atoms with Gasteiger partial charge in [0, 0.05) is 37.4 Å². The van der Waals surface area contributed by atoms with Crippen LogP contribution in [0.25, 0.3) is 11.3 Å². The average molecular weight is 549 g/mol. The molecule has 3 aromatic rings. The van der Waals surface area contributed by atoms with Gasteiger partial charge in [-0.05, 0) is 67.3 Å². The van der Waals surface area contributed by atoms with Crippen molar-refractivity contribution < 1.29 is 23.5 Å². The number of benzene rings is 1. The van der Waals surface area contributed by atoms with E-state index in [1.807, 2.05) is 13.0 Å². The lowest BCUT2D eigenvalue weighted by molar-refractivity contribution is 0.0394. The summed E-state index contributed by atoms with van der Waals surface area (Å²) in [6.45, 7) is 8.23. The Bertz CT molecular complexity index is 1510. The van der Waals surface area contributed by atoms with Crippen LogP contribution in [0.5, 0.6) is 5.75 Å². The molecule has 10 nitrogen and oxygen atoms in total. The number of aromatic nitrogens is 3. The molecule has 1 aliphatic carbocycles. The van der Waals surface area contributed by atoms with Crippen molar-refractivity contribution in [3.8, 4) is 17.0 Å². The maximum Gasteiger partial charge on any atom is 0.412 e. The van der Waals surface area contributed by atoms with Crippen LogP contribution in [0.1, 0.15) is 54.0 Å². The number of nitrogens with zero attached hydrogens (tertiary/aromatic N) is 5. The molecular weight excluding hydrogens is 515 g/mol. The molecule has 3 aliphatic rings. The summed E-state index contributed by atoms with van der Waals surface area (Å²) in [5, 5.41) is 0. The molecule has 0 spiro atoms. The number of fused-ring (bicyclic) bond motifs is 3. The molecule has 2 aliphatic heterocycles. The summed E-state index contributed by atoms with van der Waals surface area (Å²) in [5.74, 6) is -0.589. The molecule has 1 saturated heterocycles. The number of hydrogen-bond acceptors (Lipinski definition) is 7. The maximum absolute atomic E-state index is 15.1. The van der Waals surface area contributed by atoms with E-state index >= 15 is 4.39 Å². The SMILES string of the molecule is Cc1c(-c2ncnc(N)c2OCOC(=O)N2CCCC2)cc(F)cc1N1CCn2c(cc3c2CC(C)(C)C3)C1=O. The number of rotatable bonds is 5. The van der Waals surface area contributed by atoms with E-state index in [1.165, 1.54) is 29.7 Å². The number of nitrogen functional groups attached to an aromatic ring is 1. The molecule has 1 aromatic carbocycles. The Morgan fingerprint density at radius 2 is 1.88 bits per heavy atom. The second kappa shape index (κ2) is 9.79. The molecule has 0 atom stereocenters. The molecule has 0 unspecified atom stereocenters. The van der Waals surface area contributed by atoms with Crippen LogP contribution in [-0.4, -0.2) is 57.9 Å². The Kier molecular flexibility index (Phi) is 6.39. The maximum atomic E-state index is 15.1. The average Bonchev–Trinajstić information content (AvgIpc) is 3.62. The van der Waals surface area contributed by atoms with Crippen LogP contribution >= 0.6 is 0 Å². The Morgan fingerprint density at radius 3 is 2.65 bits per heavy atom. The Balaban J connectivity index is 1.29. The van der Waals surface area contributed by atoms with E-state index in [4.69, 9.17) is 15.2 Å². The lowest BCUT2D eigenvalue weighted by Crippen LogP contribution is -2.41. The van der Waals surface area contributed by atoms with Gasteiger partial charge in [-0.25, -0.2) is 19.2 Å². The van der Waals surface area contributed by atoms with Gasteiger partial charge in [-0.1, -0.05) is 13.8 Å². The molecule has 0 radical (unpaired) electrons. The number of halogens is 1. The first-order valence-corrected chi connectivity index (χ1v) is 13.6. The fraction of sp³-hybridized carbons (Fsp3) is 0.448. The van der Waals surface area contributed by atoms with Crippen LogP contribution in [0.15, 0.2) is 24.5 Å². The standard InChI is InChI=1S/C29H33FN6O4/c1-17-20(24-25(26(31)33-15-32-24)39-16-40-28(38)34-6-4-5-7-34)11-19(30)12-21(17)36-9-8-35-22(27(36)37)10-18-13-29(2,3)14-23(18)35/h10-12,15H,4-9,13-14,16H2,1-3H3,(H2,31,32,33). The molecule has 4 heterocycles. The second-order valence-electron chi connectivity index (χ2n) is 11.5. The highest BCUT2D eigenvalue weighted by Gasteiger charge is 2.37. The third-order valence-electron chi connectivity index (χ3n) is 8.10. The van der Waals surface area contributed by atoms with Gasteiger partial charge >= 0.3 is 6.09 Å². The Hall–Kier alpha value is -4.15. The van der Waals surface area contributed by atoms with Crippen molar-refractivity contribution >= 4 is 23.5 Å². The lowest BCUT2D eigenvalue weighted by Gasteiger charge is -2.31. The first kappa shape index (κ1) is 26.1. The zero-order chi connectivity index (χ0) is 28.2. The highest BCUT2D eigenvalue weighted by molar-refractivity contribution is 6.07. The van der Waals surface area contributed by atoms with E-state index in [-0.39, 0.29) is 28.6 Å². The first-order chi connectivity index (χ1) is 19.1. The Labute approximate surface area is 231 Å². The minimum Gasteiger partial charge on any atom is -0.451 e. The van der Waals surface area contributed by atoms with Crippen molar-refractivity contribution in [2.24, 2.45) is 5.41 Å². The van der Waals surface area contributed by atoms with Crippen LogP contribution in [0.2, 0.25) is 0 Å². The molecule has 40 heavy (non-hydrogen) atoms. The number of hydrogen-bond donors (Lipinski definition) is 1. The molecule has 0 bridgehead atoms. The van der Waals surface area contributed by atoms with Crippen molar-refractivity contribution in [2.45, 2.75) is 53.0 Å². The number of amides is 2. The number of ether oxygens (including phenoxy) is 2. The molecular formula is C29H33FN6O4. The third kappa shape index (κ3) is 4.52. The van der Waals surface area contributed by atoms with E-state index in [2.05, 4.69) is 28.4 Å². The van der Waals surface area contributed by atoms with Gasteiger partial charge in [0.15, 0.2) is 11.6 Å². The molecule has 2 N–H and O–H groups in total. The van der Waals surface area contributed by atoms with E-state index in [1.54, 1.807) is 9.80 Å². The van der Waals surface area contributed by atoms with Gasteiger partial charge < -0.3 is 29.6 Å². The molecule has 0 saturated carbocycles. The summed E-state index contributed by atoms with van der Waals surface area (Å²) in [4.78, 5) is 37.5. The smallest absolute Gasteiger partial charge is 0.412 e. The van der Waals surface area contributed by atoms with Gasteiger partial charge in [-0.3, -0.25) is 4.79 Å². The molecule has 6 rings (SSSR count). The number of carbonyl (C=O) groups excluding carboxylic acids is 2. The second-order valence-corrected chi connectivity index (χ2v) is 11.5. The number of nitrogens with two attached hydrogens (primary N) is 1. The third-order valence-corrected chi connectivity index (χ3v) is 8.10. The quantitative estimate of drug-likeness (QED) is 0.472. The van der Waals surface area contributed by atoms with Crippen molar-refractivity contribution in [1.82, 2.24) is 19.4 Å². The number of anilines is 2. The van der Waals surface area contributed by atoms with E-state index in [0.29, 0.717) is 48.7 Å². The van der Waals surface area contributed by atoms with Crippen LogP contribution in [0.4, 0.5) is 20.7 Å². The first-order valence-electron chi connectivity index (χ1n) is 13.6. The van der Waals surface area contributed by atoms with E-state index in [9.17, 15) is 9.59 Å². The van der Waals surface area contributed by atoms with Gasteiger partial charge in [0.05, 0.1) is 5.69 Å². The van der Waals surface area contributed by atoms with Crippen LogP contribution in [-0.2, 0) is 24.1 Å². The summed E-state index contributed by atoms with van der Waals surface area (Å²) < 4.78 is 28.2. The fourth-order valence-electron chi connectivity index (χ4n) is 6.18. The van der Waals surface area contributed by atoms with Gasteiger partial charge in [-0.2, -0.15) is 0 Å². The van der Waals surface area contributed by atoms with Gasteiger partial charge in [0.25, 0.3) is 5.91 Å². The highest BCUT2D eigenvalue weighted by atomic mass is 19.1. The van der Waals surface area contributed by atoms with E-state index in [0.717, 1.165) is 25.7 Å². The normalized spacial score (nSPS) is 17.6. The summed E-state index contributed by atoms with van der Waals surface area (Å²) in [5.41, 5.74) is 11.1. The summed E-state index contributed by atoms with van der Waals surface area (Å²) >= 11 is 0. The summed E-state index contributed by atoms with van der Waals surface area (Å²) in [6, 6.07) is 4.70. The number of likely N-dealkylation sites (tertiary alicyclic amines) is 1. The Morgan fingerprint density at radius 1 is 1.10 bits per heavy atom. The number of carbonyl (C=O) groups is 2. The molecule has 2 amide bonds. The predicted molar refractivity (Wildman–Crippen MR) is 147 cm³/mol. The minimum atomic E-state index is -0.530. The lowest BCUT2D eigenvalue weighted by atomic mass is 9.90. The molecule has 11 heteroatoms. The van der Waals surface area contributed by atoms with Gasteiger partial charge in [0.1, 0.15) is 23.5 Å².